The van der Waals surface area contributed by atoms with Gasteiger partial charge in [-0.25, -0.2) is 0 Å². The highest BCUT2D eigenvalue weighted by atomic mass is 16.6. The van der Waals surface area contributed by atoms with E-state index in [0.717, 1.165) is 0 Å². The van der Waals surface area contributed by atoms with Gasteiger partial charge >= 0.3 is 5.69 Å². The Bertz CT molecular complexity index is 503. The number of hydrogen-bond donors (Lipinski definition) is 3. The average Bonchev–Trinajstić information content (AvgIpc) is 2.43. The molecule has 0 aromatic heterocycles. The molecule has 0 fully saturated rings. The number of hydrogen-bond acceptors (Lipinski definition) is 5. The molecule has 0 aliphatic heterocycles. The van der Waals surface area contributed by atoms with E-state index in [4.69, 9.17) is 0 Å². The summed E-state index contributed by atoms with van der Waals surface area (Å²) in [5, 5.41) is 19.7. The smallest absolute Gasteiger partial charge is 0.315 e. The molecule has 0 saturated heterocycles. The molecule has 1 aromatic rings. The number of para-hydroxylation sites is 1. The van der Waals surface area contributed by atoms with Crippen LogP contribution in [0.4, 0.5) is 17.1 Å². The summed E-state index contributed by atoms with van der Waals surface area (Å²) < 4.78 is 0. The zero-order valence-corrected chi connectivity index (χ0v) is 12.6. The van der Waals surface area contributed by atoms with Crippen LogP contribution in [0.1, 0.15) is 20.8 Å². The Kier molecular flexibility index (Phi) is 6.45. The second-order valence-electron chi connectivity index (χ2n) is 5.04. The lowest BCUT2D eigenvalue weighted by Crippen LogP contribution is -2.32. The van der Waals surface area contributed by atoms with E-state index in [9.17, 15) is 14.9 Å². The van der Waals surface area contributed by atoms with Gasteiger partial charge in [-0.05, 0) is 25.0 Å². The van der Waals surface area contributed by atoms with Crippen molar-refractivity contribution >= 4 is 23.0 Å². The number of carbonyl (C=O) groups is 1. The van der Waals surface area contributed by atoms with E-state index in [-0.39, 0.29) is 18.1 Å². The molecule has 1 rings (SSSR count). The monoisotopic (exact) mass is 294 g/mol. The minimum absolute atomic E-state index is 0.00311. The lowest BCUT2D eigenvalue weighted by Gasteiger charge is -2.11. The summed E-state index contributed by atoms with van der Waals surface area (Å²) >= 11 is 0. The van der Waals surface area contributed by atoms with E-state index < -0.39 is 4.92 Å². The van der Waals surface area contributed by atoms with E-state index in [1.165, 1.54) is 0 Å². The summed E-state index contributed by atoms with van der Waals surface area (Å²) in [7, 11) is 0. The minimum Gasteiger partial charge on any atom is -0.380 e. The standard InChI is InChI=1S/C14H22N4O3/c1-4-15-11-6-5-7-12(14(11)18(20)21)16-9-13(19)17-8-10(2)3/h5-7,10,15-16H,4,8-9H2,1-3H3,(H,17,19). The summed E-state index contributed by atoms with van der Waals surface area (Å²) in [4.78, 5) is 22.4. The number of anilines is 2. The average molecular weight is 294 g/mol. The number of amides is 1. The first-order chi connectivity index (χ1) is 9.95. The maximum Gasteiger partial charge on any atom is 0.315 e. The van der Waals surface area contributed by atoms with Crippen molar-refractivity contribution in [1.82, 2.24) is 5.32 Å². The fourth-order valence-electron chi connectivity index (χ4n) is 1.77. The van der Waals surface area contributed by atoms with Gasteiger partial charge in [-0.3, -0.25) is 14.9 Å². The van der Waals surface area contributed by atoms with Crippen LogP contribution in [-0.4, -0.2) is 30.5 Å². The Balaban J connectivity index is 2.76. The Morgan fingerprint density at radius 2 is 1.90 bits per heavy atom. The first kappa shape index (κ1) is 16.7. The van der Waals surface area contributed by atoms with Crippen molar-refractivity contribution in [2.45, 2.75) is 20.8 Å². The van der Waals surface area contributed by atoms with E-state index in [0.29, 0.717) is 30.4 Å². The Hall–Kier alpha value is -2.31. The zero-order chi connectivity index (χ0) is 15.8. The second-order valence-corrected chi connectivity index (χ2v) is 5.04. The fourth-order valence-corrected chi connectivity index (χ4v) is 1.77. The van der Waals surface area contributed by atoms with Crippen LogP contribution in [0, 0.1) is 16.0 Å². The molecular formula is C14H22N4O3. The number of nitrogens with one attached hydrogen (secondary N) is 3. The molecule has 7 nitrogen and oxygen atoms in total. The van der Waals surface area contributed by atoms with Crippen molar-refractivity contribution in [3.63, 3.8) is 0 Å². The molecule has 0 aliphatic carbocycles. The number of benzene rings is 1. The highest BCUT2D eigenvalue weighted by Crippen LogP contribution is 2.32. The van der Waals surface area contributed by atoms with Crippen molar-refractivity contribution in [3.8, 4) is 0 Å². The normalized spacial score (nSPS) is 10.3. The van der Waals surface area contributed by atoms with E-state index >= 15 is 0 Å². The summed E-state index contributed by atoms with van der Waals surface area (Å²) in [6.45, 7) is 7.03. The fraction of sp³-hybridized carbons (Fsp3) is 0.500. The number of rotatable bonds is 8. The summed E-state index contributed by atoms with van der Waals surface area (Å²) in [6.07, 6.45) is 0. The van der Waals surface area contributed by atoms with Crippen molar-refractivity contribution < 1.29 is 9.72 Å². The molecule has 116 valence electrons. The molecule has 0 atom stereocenters. The van der Waals surface area contributed by atoms with Gasteiger partial charge in [0, 0.05) is 13.1 Å². The molecule has 0 radical (unpaired) electrons. The van der Waals surface area contributed by atoms with Crippen molar-refractivity contribution in [1.29, 1.82) is 0 Å². The molecule has 3 N–H and O–H groups in total. The van der Waals surface area contributed by atoms with Gasteiger partial charge in [-0.2, -0.15) is 0 Å². The Morgan fingerprint density at radius 3 is 2.43 bits per heavy atom. The van der Waals surface area contributed by atoms with Gasteiger partial charge in [0.25, 0.3) is 0 Å². The van der Waals surface area contributed by atoms with E-state index in [2.05, 4.69) is 16.0 Å². The predicted molar refractivity (Wildman–Crippen MR) is 83.6 cm³/mol. The van der Waals surface area contributed by atoms with Gasteiger partial charge in [0.05, 0.1) is 11.5 Å². The number of carbonyl (C=O) groups excluding carboxylic acids is 1. The van der Waals surface area contributed by atoms with Crippen LogP contribution in [0.3, 0.4) is 0 Å². The van der Waals surface area contributed by atoms with Gasteiger partial charge < -0.3 is 16.0 Å². The van der Waals surface area contributed by atoms with E-state index in [1.807, 2.05) is 20.8 Å². The van der Waals surface area contributed by atoms with Crippen molar-refractivity contribution in [2.75, 3.05) is 30.3 Å². The molecule has 1 amide bonds. The quantitative estimate of drug-likeness (QED) is 0.504. The molecule has 21 heavy (non-hydrogen) atoms. The molecule has 0 spiro atoms. The Morgan fingerprint density at radius 1 is 1.29 bits per heavy atom. The molecule has 7 heteroatoms. The van der Waals surface area contributed by atoms with Crippen molar-refractivity contribution in [3.05, 3.63) is 28.3 Å². The first-order valence-corrected chi connectivity index (χ1v) is 6.97. The van der Waals surface area contributed by atoms with Crippen LogP contribution in [0.2, 0.25) is 0 Å². The van der Waals surface area contributed by atoms with Gasteiger partial charge in [0.15, 0.2) is 0 Å². The third kappa shape index (κ3) is 5.29. The number of nitro benzene ring substituents is 1. The van der Waals surface area contributed by atoms with Gasteiger partial charge in [-0.15, -0.1) is 0 Å². The summed E-state index contributed by atoms with van der Waals surface area (Å²) in [5.41, 5.74) is 0.726. The highest BCUT2D eigenvalue weighted by molar-refractivity contribution is 5.83. The second kappa shape index (κ2) is 8.08. The highest BCUT2D eigenvalue weighted by Gasteiger charge is 2.19. The molecular weight excluding hydrogens is 272 g/mol. The summed E-state index contributed by atoms with van der Waals surface area (Å²) in [5.74, 6) is 0.173. The molecule has 0 bridgehead atoms. The third-order valence-electron chi connectivity index (χ3n) is 2.73. The van der Waals surface area contributed by atoms with Crippen LogP contribution < -0.4 is 16.0 Å². The maximum atomic E-state index is 11.7. The minimum atomic E-state index is -0.452. The van der Waals surface area contributed by atoms with Crippen molar-refractivity contribution in [2.24, 2.45) is 5.92 Å². The third-order valence-corrected chi connectivity index (χ3v) is 2.73. The molecule has 0 unspecified atom stereocenters. The van der Waals surface area contributed by atoms with Crippen LogP contribution in [0.5, 0.6) is 0 Å². The largest absolute Gasteiger partial charge is 0.380 e. The molecule has 0 aliphatic rings. The SMILES string of the molecule is CCNc1cccc(NCC(=O)NCC(C)C)c1[N+](=O)[O-]. The van der Waals surface area contributed by atoms with Crippen LogP contribution in [0.25, 0.3) is 0 Å². The summed E-state index contributed by atoms with van der Waals surface area (Å²) in [6, 6.07) is 4.94. The molecule has 0 heterocycles. The Labute approximate surface area is 124 Å². The van der Waals surface area contributed by atoms with Crippen LogP contribution in [0.15, 0.2) is 18.2 Å². The van der Waals surface area contributed by atoms with Crippen LogP contribution >= 0.6 is 0 Å². The molecule has 0 saturated carbocycles. The van der Waals surface area contributed by atoms with Gasteiger partial charge in [0.2, 0.25) is 5.91 Å². The first-order valence-electron chi connectivity index (χ1n) is 6.97. The number of nitro groups is 1. The number of nitrogens with zero attached hydrogens (tertiary/aromatic N) is 1. The topological polar surface area (TPSA) is 96.3 Å². The lowest BCUT2D eigenvalue weighted by atomic mass is 10.2. The van der Waals surface area contributed by atoms with Gasteiger partial charge in [0.1, 0.15) is 11.4 Å². The molecule has 1 aromatic carbocycles. The maximum absolute atomic E-state index is 11.7. The van der Waals surface area contributed by atoms with E-state index in [1.54, 1.807) is 18.2 Å². The lowest BCUT2D eigenvalue weighted by molar-refractivity contribution is -0.383. The van der Waals surface area contributed by atoms with Crippen LogP contribution in [-0.2, 0) is 4.79 Å². The van der Waals surface area contributed by atoms with Gasteiger partial charge in [-0.1, -0.05) is 19.9 Å². The zero-order valence-electron chi connectivity index (χ0n) is 12.6. The predicted octanol–water partition coefficient (Wildman–Crippen LogP) is 2.21.